The van der Waals surface area contributed by atoms with Gasteiger partial charge in [0.2, 0.25) is 5.91 Å². The van der Waals surface area contributed by atoms with Gasteiger partial charge in [0.15, 0.2) is 0 Å². The number of ether oxygens (including phenoxy) is 1. The van der Waals surface area contributed by atoms with Crippen molar-refractivity contribution in [1.82, 2.24) is 9.80 Å². The van der Waals surface area contributed by atoms with Gasteiger partial charge in [-0.1, -0.05) is 0 Å². The molecule has 1 fully saturated rings. The van der Waals surface area contributed by atoms with Crippen molar-refractivity contribution in [2.24, 2.45) is 0 Å². The maximum atomic E-state index is 11.6. The predicted octanol–water partition coefficient (Wildman–Crippen LogP) is -0.288. The van der Waals surface area contributed by atoms with Gasteiger partial charge in [0, 0.05) is 13.6 Å². The molecule has 1 saturated heterocycles. The molecule has 5 heteroatoms. The summed E-state index contributed by atoms with van der Waals surface area (Å²) < 4.78 is 4.94. The molecule has 0 N–H and O–H groups in total. The highest BCUT2D eigenvalue weighted by Gasteiger charge is 2.31. The molecule has 1 rings (SSSR count). The van der Waals surface area contributed by atoms with E-state index in [4.69, 9.17) is 4.74 Å². The van der Waals surface area contributed by atoms with Crippen LogP contribution in [0, 0.1) is 0 Å². The third-order valence-electron chi connectivity index (χ3n) is 2.61. The smallest absolute Gasteiger partial charge is 0.328 e. The molecule has 1 aliphatic heterocycles. The van der Waals surface area contributed by atoms with E-state index in [1.165, 1.54) is 4.90 Å². The lowest BCUT2D eigenvalue weighted by atomic mass is 10.2. The Hall–Kier alpha value is -1.10. The van der Waals surface area contributed by atoms with Crippen LogP contribution < -0.4 is 0 Å². The highest BCUT2D eigenvalue weighted by Crippen LogP contribution is 2.10. The molecule has 0 spiro atoms. The molecule has 1 aliphatic rings. The summed E-state index contributed by atoms with van der Waals surface area (Å²) in [4.78, 5) is 26.6. The Labute approximate surface area is 90.0 Å². The third kappa shape index (κ3) is 2.92. The Morgan fingerprint density at radius 3 is 2.80 bits per heavy atom. The number of amides is 1. The highest BCUT2D eigenvalue weighted by atomic mass is 16.5. The Morgan fingerprint density at radius 1 is 1.53 bits per heavy atom. The molecule has 0 aromatic heterocycles. The topological polar surface area (TPSA) is 49.9 Å². The minimum absolute atomic E-state index is 0.0342. The van der Waals surface area contributed by atoms with Crippen molar-refractivity contribution in [3.8, 4) is 0 Å². The van der Waals surface area contributed by atoms with E-state index in [0.717, 1.165) is 6.54 Å². The molecular weight excluding hydrogens is 196 g/mol. The van der Waals surface area contributed by atoms with Gasteiger partial charge in [-0.15, -0.1) is 0 Å². The summed E-state index contributed by atoms with van der Waals surface area (Å²) in [5, 5.41) is 0. The second kappa shape index (κ2) is 5.11. The lowest BCUT2D eigenvalue weighted by molar-refractivity contribution is -0.153. The number of likely N-dealkylation sites (N-methyl/N-ethyl adjacent to an activating group) is 2. The minimum Gasteiger partial charge on any atom is -0.464 e. The quantitative estimate of drug-likeness (QED) is 0.593. The van der Waals surface area contributed by atoms with Gasteiger partial charge in [0.25, 0.3) is 0 Å². The molecule has 1 atom stereocenters. The Bertz CT molecular complexity index is 255. The van der Waals surface area contributed by atoms with Crippen LogP contribution in [0.5, 0.6) is 0 Å². The molecule has 1 amide bonds. The van der Waals surface area contributed by atoms with E-state index in [9.17, 15) is 9.59 Å². The van der Waals surface area contributed by atoms with Gasteiger partial charge in [-0.2, -0.15) is 0 Å². The number of carbonyl (C=O) groups is 2. The summed E-state index contributed by atoms with van der Waals surface area (Å²) in [6, 6.07) is -0.428. The molecule has 0 bridgehead atoms. The summed E-state index contributed by atoms with van der Waals surface area (Å²) in [6.45, 7) is 3.22. The first-order valence-electron chi connectivity index (χ1n) is 5.17. The Kier molecular flexibility index (Phi) is 4.08. The SMILES string of the molecule is CCOC(=O)C1CCN(C)CC(=O)N1C. The molecule has 1 heterocycles. The first-order chi connectivity index (χ1) is 7.06. The van der Waals surface area contributed by atoms with E-state index in [-0.39, 0.29) is 11.9 Å². The van der Waals surface area contributed by atoms with E-state index in [2.05, 4.69) is 0 Å². The van der Waals surface area contributed by atoms with Crippen LogP contribution in [0.3, 0.4) is 0 Å². The second-order valence-corrected chi connectivity index (χ2v) is 3.80. The van der Waals surface area contributed by atoms with Crippen LogP contribution in [0.4, 0.5) is 0 Å². The fourth-order valence-electron chi connectivity index (χ4n) is 1.65. The van der Waals surface area contributed by atoms with Crippen molar-refractivity contribution >= 4 is 11.9 Å². The molecule has 0 aromatic carbocycles. The molecule has 0 saturated carbocycles. The monoisotopic (exact) mass is 214 g/mol. The molecule has 0 aromatic rings. The van der Waals surface area contributed by atoms with Gasteiger partial charge in [-0.25, -0.2) is 4.79 Å². The average molecular weight is 214 g/mol. The maximum absolute atomic E-state index is 11.6. The summed E-state index contributed by atoms with van der Waals surface area (Å²) in [5.74, 6) is -0.336. The fourth-order valence-corrected chi connectivity index (χ4v) is 1.65. The van der Waals surface area contributed by atoms with Crippen molar-refractivity contribution in [3.63, 3.8) is 0 Å². The Morgan fingerprint density at radius 2 is 2.20 bits per heavy atom. The normalized spacial score (nSPS) is 23.8. The first-order valence-corrected chi connectivity index (χ1v) is 5.17. The van der Waals surface area contributed by atoms with Gasteiger partial charge in [-0.05, 0) is 20.4 Å². The van der Waals surface area contributed by atoms with Crippen molar-refractivity contribution in [1.29, 1.82) is 0 Å². The standard InChI is InChI=1S/C10H18N2O3/c1-4-15-10(14)8-5-6-11(2)7-9(13)12(8)3/h8H,4-7H2,1-3H3. The lowest BCUT2D eigenvalue weighted by Crippen LogP contribution is -2.43. The summed E-state index contributed by atoms with van der Waals surface area (Å²) in [5.41, 5.74) is 0. The zero-order chi connectivity index (χ0) is 11.4. The number of nitrogens with zero attached hydrogens (tertiary/aromatic N) is 2. The second-order valence-electron chi connectivity index (χ2n) is 3.80. The van der Waals surface area contributed by atoms with Crippen molar-refractivity contribution in [2.75, 3.05) is 33.8 Å². The number of rotatable bonds is 2. The molecule has 0 aliphatic carbocycles. The summed E-state index contributed by atoms with van der Waals surface area (Å²) in [7, 11) is 3.53. The van der Waals surface area contributed by atoms with Crippen LogP contribution in [0.15, 0.2) is 0 Å². The molecule has 86 valence electrons. The van der Waals surface area contributed by atoms with Crippen LogP contribution in [-0.2, 0) is 14.3 Å². The van der Waals surface area contributed by atoms with E-state index in [0.29, 0.717) is 19.6 Å². The third-order valence-corrected chi connectivity index (χ3v) is 2.61. The van der Waals surface area contributed by atoms with Crippen molar-refractivity contribution in [2.45, 2.75) is 19.4 Å². The number of hydrogen-bond donors (Lipinski definition) is 0. The molecule has 1 unspecified atom stereocenters. The summed E-state index contributed by atoms with van der Waals surface area (Å²) in [6.07, 6.45) is 0.636. The number of hydrogen-bond acceptors (Lipinski definition) is 4. The molecule has 0 radical (unpaired) electrons. The van der Waals surface area contributed by atoms with E-state index >= 15 is 0 Å². The van der Waals surface area contributed by atoms with Gasteiger partial charge in [0.05, 0.1) is 13.2 Å². The van der Waals surface area contributed by atoms with E-state index in [1.807, 2.05) is 11.9 Å². The lowest BCUT2D eigenvalue weighted by Gasteiger charge is -2.23. The van der Waals surface area contributed by atoms with Crippen LogP contribution in [0.2, 0.25) is 0 Å². The summed E-state index contributed by atoms with van der Waals surface area (Å²) >= 11 is 0. The first kappa shape index (κ1) is 12.0. The maximum Gasteiger partial charge on any atom is 0.328 e. The average Bonchev–Trinajstić information content (AvgIpc) is 2.28. The van der Waals surface area contributed by atoms with E-state index in [1.54, 1.807) is 14.0 Å². The number of carbonyl (C=O) groups excluding carboxylic acids is 2. The Balaban J connectivity index is 2.70. The number of esters is 1. The van der Waals surface area contributed by atoms with Gasteiger partial charge >= 0.3 is 5.97 Å². The zero-order valence-corrected chi connectivity index (χ0v) is 9.52. The van der Waals surface area contributed by atoms with E-state index < -0.39 is 6.04 Å². The van der Waals surface area contributed by atoms with Crippen LogP contribution in [-0.4, -0.2) is 61.5 Å². The fraction of sp³-hybridized carbons (Fsp3) is 0.800. The van der Waals surface area contributed by atoms with Gasteiger partial charge in [-0.3, -0.25) is 9.69 Å². The van der Waals surface area contributed by atoms with Crippen LogP contribution in [0.25, 0.3) is 0 Å². The molecular formula is C10H18N2O3. The van der Waals surface area contributed by atoms with Crippen molar-refractivity contribution < 1.29 is 14.3 Å². The molecule has 5 nitrogen and oxygen atoms in total. The van der Waals surface area contributed by atoms with Crippen molar-refractivity contribution in [3.05, 3.63) is 0 Å². The largest absolute Gasteiger partial charge is 0.464 e. The highest BCUT2D eigenvalue weighted by molar-refractivity contribution is 5.85. The van der Waals surface area contributed by atoms with Crippen LogP contribution in [0.1, 0.15) is 13.3 Å². The van der Waals surface area contributed by atoms with Gasteiger partial charge < -0.3 is 9.64 Å². The predicted molar refractivity (Wildman–Crippen MR) is 55.3 cm³/mol. The minimum atomic E-state index is -0.428. The van der Waals surface area contributed by atoms with Crippen LogP contribution >= 0.6 is 0 Å². The van der Waals surface area contributed by atoms with Gasteiger partial charge in [0.1, 0.15) is 6.04 Å². The zero-order valence-electron chi connectivity index (χ0n) is 9.52. The molecule has 15 heavy (non-hydrogen) atoms.